The van der Waals surface area contributed by atoms with Crippen molar-refractivity contribution in [3.05, 3.63) is 120 Å². The fraction of sp³-hybridized carbons (Fsp3) is 0.323. The third kappa shape index (κ3) is 8.99. The van der Waals surface area contributed by atoms with Crippen molar-refractivity contribution in [2.75, 3.05) is 6.61 Å². The topological polar surface area (TPSA) is 48.0 Å². The van der Waals surface area contributed by atoms with Crippen LogP contribution in [-0.4, -0.2) is 35.3 Å². The smallest absolute Gasteiger partial charge is 0.411 e. The molecule has 0 saturated carbocycles. The summed E-state index contributed by atoms with van der Waals surface area (Å²) in [5.74, 6) is 0. The number of rotatable bonds is 12. The van der Waals surface area contributed by atoms with Crippen LogP contribution in [0.15, 0.2) is 104 Å². The zero-order valence-electron chi connectivity index (χ0n) is 21.5. The van der Waals surface area contributed by atoms with Gasteiger partial charge in [0.2, 0.25) is 0 Å². The lowest BCUT2D eigenvalue weighted by Gasteiger charge is -2.36. The minimum absolute atomic E-state index is 0.284. The SMILES string of the molecule is C=C[C@H]([C@@H](COCc1ccccc1)OCc1ccccc1)N(Cc1ccccc1)C(=O)OC(C)(C)C. The standard InChI is InChI=1S/C31H37NO4/c1-5-28(32(30(33)36-31(2,3)4)21-25-15-9-6-10-16-25)29(35-23-27-19-13-8-14-20-27)24-34-22-26-17-11-7-12-18-26/h5-20,28-29H,1,21-24H2,2-4H3/t28-,29-/m1/s1. The second kappa shape index (κ2) is 13.6. The number of hydrogen-bond donors (Lipinski definition) is 0. The van der Waals surface area contributed by atoms with E-state index in [0.717, 1.165) is 16.7 Å². The monoisotopic (exact) mass is 487 g/mol. The van der Waals surface area contributed by atoms with E-state index >= 15 is 0 Å². The summed E-state index contributed by atoms with van der Waals surface area (Å²) in [5, 5.41) is 0. The van der Waals surface area contributed by atoms with Gasteiger partial charge in [-0.2, -0.15) is 0 Å². The van der Waals surface area contributed by atoms with Crippen LogP contribution in [-0.2, 0) is 34.0 Å². The van der Waals surface area contributed by atoms with Gasteiger partial charge < -0.3 is 14.2 Å². The molecular formula is C31H37NO4. The molecule has 0 saturated heterocycles. The van der Waals surface area contributed by atoms with Gasteiger partial charge in [-0.25, -0.2) is 4.79 Å². The quantitative estimate of drug-likeness (QED) is 0.264. The number of ether oxygens (including phenoxy) is 3. The van der Waals surface area contributed by atoms with Crippen molar-refractivity contribution in [3.8, 4) is 0 Å². The Morgan fingerprint density at radius 2 is 1.33 bits per heavy atom. The number of carbonyl (C=O) groups is 1. The van der Waals surface area contributed by atoms with E-state index in [2.05, 4.69) is 6.58 Å². The molecule has 0 bridgehead atoms. The maximum absolute atomic E-state index is 13.4. The summed E-state index contributed by atoms with van der Waals surface area (Å²) in [4.78, 5) is 15.1. The minimum atomic E-state index is -0.637. The van der Waals surface area contributed by atoms with Crippen LogP contribution in [0.5, 0.6) is 0 Å². The van der Waals surface area contributed by atoms with Crippen LogP contribution < -0.4 is 0 Å². The van der Waals surface area contributed by atoms with E-state index < -0.39 is 23.8 Å². The average molecular weight is 488 g/mol. The molecule has 0 aromatic heterocycles. The summed E-state index contributed by atoms with van der Waals surface area (Å²) in [6, 6.07) is 29.3. The average Bonchev–Trinajstić information content (AvgIpc) is 2.87. The van der Waals surface area contributed by atoms with Gasteiger partial charge in [0.05, 0.1) is 25.9 Å². The van der Waals surface area contributed by atoms with Crippen molar-refractivity contribution in [2.24, 2.45) is 0 Å². The first-order valence-electron chi connectivity index (χ1n) is 12.3. The first kappa shape index (κ1) is 27.2. The maximum Gasteiger partial charge on any atom is 0.411 e. The normalized spacial score (nSPS) is 13.0. The molecule has 0 aliphatic rings. The summed E-state index contributed by atoms with van der Waals surface area (Å²) >= 11 is 0. The number of carbonyl (C=O) groups excluding carboxylic acids is 1. The molecule has 3 aromatic carbocycles. The number of hydrogen-bond acceptors (Lipinski definition) is 4. The van der Waals surface area contributed by atoms with Crippen LogP contribution >= 0.6 is 0 Å². The molecule has 3 aromatic rings. The number of benzene rings is 3. The number of nitrogens with zero attached hydrogens (tertiary/aromatic N) is 1. The van der Waals surface area contributed by atoms with Gasteiger partial charge in [0.25, 0.3) is 0 Å². The van der Waals surface area contributed by atoms with E-state index in [1.807, 2.05) is 112 Å². The molecule has 0 radical (unpaired) electrons. The lowest BCUT2D eigenvalue weighted by molar-refractivity contribution is -0.0663. The van der Waals surface area contributed by atoms with E-state index in [4.69, 9.17) is 14.2 Å². The molecule has 3 rings (SSSR count). The Kier molecular flexibility index (Phi) is 10.3. The molecule has 5 nitrogen and oxygen atoms in total. The molecule has 5 heteroatoms. The van der Waals surface area contributed by atoms with Gasteiger partial charge in [0.1, 0.15) is 11.7 Å². The lowest BCUT2D eigenvalue weighted by atomic mass is 10.1. The van der Waals surface area contributed by atoms with Crippen LogP contribution in [0.1, 0.15) is 37.5 Å². The van der Waals surface area contributed by atoms with Crippen molar-refractivity contribution in [1.29, 1.82) is 0 Å². The highest BCUT2D eigenvalue weighted by Crippen LogP contribution is 2.21. The molecule has 0 fully saturated rings. The zero-order chi connectivity index (χ0) is 25.8. The van der Waals surface area contributed by atoms with Crippen LogP contribution in [0.4, 0.5) is 4.79 Å². The van der Waals surface area contributed by atoms with E-state index in [1.54, 1.807) is 11.0 Å². The van der Waals surface area contributed by atoms with E-state index in [0.29, 0.717) is 19.8 Å². The Bertz CT molecular complexity index is 1050. The van der Waals surface area contributed by atoms with Crippen LogP contribution in [0.2, 0.25) is 0 Å². The molecule has 190 valence electrons. The van der Waals surface area contributed by atoms with Gasteiger partial charge in [0.15, 0.2) is 0 Å². The predicted molar refractivity (Wildman–Crippen MR) is 143 cm³/mol. The molecule has 0 heterocycles. The third-order valence-corrected chi connectivity index (χ3v) is 5.51. The summed E-state index contributed by atoms with van der Waals surface area (Å²) in [5.41, 5.74) is 2.47. The molecule has 2 atom stereocenters. The van der Waals surface area contributed by atoms with Crippen molar-refractivity contribution in [3.63, 3.8) is 0 Å². The Balaban J connectivity index is 1.83. The Morgan fingerprint density at radius 3 is 1.83 bits per heavy atom. The fourth-order valence-electron chi connectivity index (χ4n) is 3.76. The van der Waals surface area contributed by atoms with Crippen molar-refractivity contribution in [2.45, 2.75) is 58.3 Å². The predicted octanol–water partition coefficient (Wildman–Crippen LogP) is 6.78. The fourth-order valence-corrected chi connectivity index (χ4v) is 3.76. The van der Waals surface area contributed by atoms with Crippen molar-refractivity contribution < 1.29 is 19.0 Å². The second-order valence-electron chi connectivity index (χ2n) is 9.66. The first-order valence-corrected chi connectivity index (χ1v) is 12.3. The molecule has 1 amide bonds. The zero-order valence-corrected chi connectivity index (χ0v) is 21.5. The van der Waals surface area contributed by atoms with Crippen molar-refractivity contribution in [1.82, 2.24) is 4.90 Å². The van der Waals surface area contributed by atoms with Crippen LogP contribution in [0.3, 0.4) is 0 Å². The maximum atomic E-state index is 13.4. The van der Waals surface area contributed by atoms with Crippen LogP contribution in [0.25, 0.3) is 0 Å². The van der Waals surface area contributed by atoms with Crippen LogP contribution in [0, 0.1) is 0 Å². The summed E-state index contributed by atoms with van der Waals surface area (Å²) in [6.45, 7) is 11.1. The molecule has 0 unspecified atom stereocenters. The third-order valence-electron chi connectivity index (χ3n) is 5.51. The molecule has 0 spiro atoms. The molecule has 0 aliphatic heterocycles. The highest BCUT2D eigenvalue weighted by Gasteiger charge is 2.33. The van der Waals surface area contributed by atoms with Gasteiger partial charge >= 0.3 is 6.09 Å². The molecule has 36 heavy (non-hydrogen) atoms. The second-order valence-corrected chi connectivity index (χ2v) is 9.66. The van der Waals surface area contributed by atoms with E-state index in [1.165, 1.54) is 0 Å². The van der Waals surface area contributed by atoms with Gasteiger partial charge in [-0.1, -0.05) is 97.1 Å². The van der Waals surface area contributed by atoms with Gasteiger partial charge in [-0.15, -0.1) is 6.58 Å². The van der Waals surface area contributed by atoms with Gasteiger partial charge in [-0.05, 0) is 37.5 Å². The molecular weight excluding hydrogens is 450 g/mol. The lowest BCUT2D eigenvalue weighted by Crippen LogP contribution is -2.49. The summed E-state index contributed by atoms with van der Waals surface area (Å²) in [6.07, 6.45) is 0.865. The van der Waals surface area contributed by atoms with Crippen molar-refractivity contribution >= 4 is 6.09 Å². The molecule has 0 aliphatic carbocycles. The van der Waals surface area contributed by atoms with E-state index in [-0.39, 0.29) is 6.61 Å². The highest BCUT2D eigenvalue weighted by atomic mass is 16.6. The largest absolute Gasteiger partial charge is 0.444 e. The Morgan fingerprint density at radius 1 is 0.833 bits per heavy atom. The summed E-state index contributed by atoms with van der Waals surface area (Å²) < 4.78 is 18.2. The minimum Gasteiger partial charge on any atom is -0.444 e. The first-order chi connectivity index (χ1) is 17.4. The van der Waals surface area contributed by atoms with E-state index in [9.17, 15) is 4.79 Å². The molecule has 0 N–H and O–H groups in total. The number of amides is 1. The Hall–Kier alpha value is -3.41. The van der Waals surface area contributed by atoms with Gasteiger partial charge in [-0.3, -0.25) is 4.90 Å². The highest BCUT2D eigenvalue weighted by molar-refractivity contribution is 5.69. The summed E-state index contributed by atoms with van der Waals surface area (Å²) in [7, 11) is 0. The van der Waals surface area contributed by atoms with Gasteiger partial charge in [0, 0.05) is 6.54 Å². The Labute approximate surface area is 215 Å².